The summed E-state index contributed by atoms with van der Waals surface area (Å²) in [4.78, 5) is 20.0. The molecular weight excluding hydrogens is 449 g/mol. The van der Waals surface area contributed by atoms with Gasteiger partial charge in [-0.05, 0) is 38.0 Å². The third-order valence-electron chi connectivity index (χ3n) is 4.82. The summed E-state index contributed by atoms with van der Waals surface area (Å²) in [6.07, 6.45) is -4.59. The molecule has 1 amide bonds. The normalized spacial score (nSPS) is 12.5. The van der Waals surface area contributed by atoms with Crippen LogP contribution in [-0.4, -0.2) is 52.3 Å². The lowest BCUT2D eigenvalue weighted by molar-refractivity contribution is -0.144. The van der Waals surface area contributed by atoms with E-state index in [0.717, 1.165) is 8.82 Å². The van der Waals surface area contributed by atoms with Crippen LogP contribution in [0.25, 0.3) is 5.78 Å². The molecule has 2 heterocycles. The van der Waals surface area contributed by atoms with Crippen LogP contribution in [0.4, 0.5) is 18.9 Å². The van der Waals surface area contributed by atoms with Crippen LogP contribution in [-0.2, 0) is 27.4 Å². The molecule has 0 saturated heterocycles. The van der Waals surface area contributed by atoms with E-state index in [0.29, 0.717) is 17.0 Å². The summed E-state index contributed by atoms with van der Waals surface area (Å²) in [5.41, 5.74) is 1.51. The van der Waals surface area contributed by atoms with Crippen LogP contribution in [0.15, 0.2) is 29.2 Å². The maximum atomic E-state index is 12.9. The highest BCUT2D eigenvalue weighted by Crippen LogP contribution is 2.27. The van der Waals surface area contributed by atoms with E-state index in [1.165, 1.54) is 26.2 Å². The molecular formula is C19H21F3N6O3S. The Morgan fingerprint density at radius 1 is 1.16 bits per heavy atom. The average Bonchev–Trinajstić information content (AvgIpc) is 3.12. The van der Waals surface area contributed by atoms with Gasteiger partial charge in [-0.25, -0.2) is 22.2 Å². The number of aromatic nitrogens is 4. The zero-order valence-corrected chi connectivity index (χ0v) is 18.5. The number of aryl methyl sites for hydroxylation is 2. The molecule has 1 aromatic carbocycles. The second kappa shape index (κ2) is 8.47. The summed E-state index contributed by atoms with van der Waals surface area (Å²) in [5, 5.41) is 6.07. The molecule has 9 nitrogen and oxygen atoms in total. The molecule has 3 rings (SSSR count). The summed E-state index contributed by atoms with van der Waals surface area (Å²) >= 11 is 0. The fraction of sp³-hybridized carbons (Fsp3) is 0.368. The molecule has 3 aromatic rings. The summed E-state index contributed by atoms with van der Waals surface area (Å²) < 4.78 is 65.7. The van der Waals surface area contributed by atoms with Crippen molar-refractivity contribution in [2.75, 3.05) is 19.4 Å². The molecule has 0 aliphatic rings. The largest absolute Gasteiger partial charge is 0.453 e. The number of nitrogens with zero attached hydrogens (tertiary/aromatic N) is 5. The molecule has 32 heavy (non-hydrogen) atoms. The van der Waals surface area contributed by atoms with Crippen molar-refractivity contribution in [3.8, 4) is 0 Å². The Morgan fingerprint density at radius 2 is 1.81 bits per heavy atom. The van der Waals surface area contributed by atoms with Crippen LogP contribution in [0, 0.1) is 13.8 Å². The van der Waals surface area contributed by atoms with Crippen molar-refractivity contribution < 1.29 is 26.4 Å². The first-order valence-corrected chi connectivity index (χ1v) is 10.9. The van der Waals surface area contributed by atoms with Crippen molar-refractivity contribution in [3.63, 3.8) is 0 Å². The number of para-hydroxylation sites is 1. The molecule has 13 heteroatoms. The second-order valence-electron chi connectivity index (χ2n) is 7.24. The Morgan fingerprint density at radius 3 is 2.44 bits per heavy atom. The van der Waals surface area contributed by atoms with Gasteiger partial charge in [-0.15, -0.1) is 5.10 Å². The Hall–Kier alpha value is -3.06. The van der Waals surface area contributed by atoms with Crippen molar-refractivity contribution in [2.24, 2.45) is 0 Å². The number of amides is 1. The van der Waals surface area contributed by atoms with Gasteiger partial charge in [-0.2, -0.15) is 18.2 Å². The number of hydrogen-bond donors (Lipinski definition) is 1. The van der Waals surface area contributed by atoms with Gasteiger partial charge in [0.05, 0.1) is 5.69 Å². The fourth-order valence-electron chi connectivity index (χ4n) is 3.13. The predicted molar refractivity (Wildman–Crippen MR) is 110 cm³/mol. The van der Waals surface area contributed by atoms with E-state index in [1.807, 2.05) is 0 Å². The first-order valence-electron chi connectivity index (χ1n) is 9.44. The lowest BCUT2D eigenvalue weighted by Gasteiger charge is -2.16. The highest BCUT2D eigenvalue weighted by molar-refractivity contribution is 7.89. The highest BCUT2D eigenvalue weighted by atomic mass is 32.2. The third kappa shape index (κ3) is 4.58. The fourth-order valence-corrected chi connectivity index (χ4v) is 4.17. The standard InChI is InChI=1S/C19H21F3N6O3S/c1-11-13(12(2)28-18(23-11)25-17(26-28)19(20,21)22)9-10-16(29)24-14-7-5-6-8-15(14)32(30,31)27(3)4/h5-8H,9-10H2,1-4H3,(H,24,29). The van der Waals surface area contributed by atoms with Gasteiger partial charge < -0.3 is 5.32 Å². The van der Waals surface area contributed by atoms with Crippen molar-refractivity contribution in [3.05, 3.63) is 47.0 Å². The molecule has 0 spiro atoms. The number of anilines is 1. The van der Waals surface area contributed by atoms with Gasteiger partial charge >= 0.3 is 6.18 Å². The minimum absolute atomic E-state index is 0.0453. The van der Waals surface area contributed by atoms with Crippen molar-refractivity contribution >= 4 is 27.4 Å². The van der Waals surface area contributed by atoms with Gasteiger partial charge in [0.2, 0.25) is 15.9 Å². The third-order valence-corrected chi connectivity index (χ3v) is 6.70. The topological polar surface area (TPSA) is 110 Å². The van der Waals surface area contributed by atoms with E-state index in [1.54, 1.807) is 26.0 Å². The van der Waals surface area contributed by atoms with Crippen LogP contribution >= 0.6 is 0 Å². The molecule has 0 saturated carbocycles. The number of nitrogens with one attached hydrogen (secondary N) is 1. The molecule has 0 unspecified atom stereocenters. The lowest BCUT2D eigenvalue weighted by atomic mass is 10.1. The summed E-state index contributed by atoms with van der Waals surface area (Å²) in [5.74, 6) is -1.93. The van der Waals surface area contributed by atoms with Crippen molar-refractivity contribution in [1.82, 2.24) is 23.9 Å². The quantitative estimate of drug-likeness (QED) is 0.593. The van der Waals surface area contributed by atoms with Crippen LogP contribution in [0.3, 0.4) is 0 Å². The molecule has 0 radical (unpaired) electrons. The molecule has 0 bridgehead atoms. The molecule has 0 atom stereocenters. The summed E-state index contributed by atoms with van der Waals surface area (Å²) in [7, 11) is -0.998. The van der Waals surface area contributed by atoms with Gasteiger partial charge in [0.1, 0.15) is 4.90 Å². The Labute approximate surface area is 182 Å². The number of halogens is 3. The molecule has 0 aliphatic carbocycles. The van der Waals surface area contributed by atoms with Crippen molar-refractivity contribution in [2.45, 2.75) is 37.8 Å². The lowest BCUT2D eigenvalue weighted by Crippen LogP contribution is -2.24. The van der Waals surface area contributed by atoms with Crippen LogP contribution in [0.2, 0.25) is 0 Å². The van der Waals surface area contributed by atoms with E-state index < -0.39 is 27.9 Å². The predicted octanol–water partition coefficient (Wildman–Crippen LogP) is 2.58. The van der Waals surface area contributed by atoms with E-state index in [-0.39, 0.29) is 29.2 Å². The number of benzene rings is 1. The number of hydrogen-bond acceptors (Lipinski definition) is 6. The van der Waals surface area contributed by atoms with Gasteiger partial charge in [-0.1, -0.05) is 12.1 Å². The van der Waals surface area contributed by atoms with E-state index in [2.05, 4.69) is 20.4 Å². The number of carbonyl (C=O) groups excluding carboxylic acids is 1. The SMILES string of the molecule is Cc1nc2nc(C(F)(F)F)nn2c(C)c1CCC(=O)Nc1ccccc1S(=O)(=O)N(C)C. The van der Waals surface area contributed by atoms with Crippen LogP contribution in [0.1, 0.15) is 29.2 Å². The molecule has 2 aromatic heterocycles. The minimum atomic E-state index is -4.70. The molecule has 1 N–H and O–H groups in total. The smallest absolute Gasteiger partial charge is 0.325 e. The molecule has 172 valence electrons. The minimum Gasteiger partial charge on any atom is -0.325 e. The number of sulfonamides is 1. The second-order valence-corrected chi connectivity index (χ2v) is 9.36. The average molecular weight is 470 g/mol. The number of alkyl halides is 3. The Balaban J connectivity index is 1.82. The van der Waals surface area contributed by atoms with E-state index in [4.69, 9.17) is 0 Å². The number of carbonyl (C=O) groups is 1. The van der Waals surface area contributed by atoms with Crippen molar-refractivity contribution in [1.29, 1.82) is 0 Å². The van der Waals surface area contributed by atoms with Gasteiger partial charge in [0.25, 0.3) is 11.6 Å². The summed E-state index contributed by atoms with van der Waals surface area (Å²) in [6.45, 7) is 3.18. The zero-order valence-electron chi connectivity index (χ0n) is 17.7. The maximum Gasteiger partial charge on any atom is 0.453 e. The monoisotopic (exact) mass is 470 g/mol. The number of fused-ring (bicyclic) bond motifs is 1. The summed E-state index contributed by atoms with van der Waals surface area (Å²) in [6, 6.07) is 6.01. The van der Waals surface area contributed by atoms with Gasteiger partial charge in [0, 0.05) is 31.9 Å². The van der Waals surface area contributed by atoms with E-state index in [9.17, 15) is 26.4 Å². The van der Waals surface area contributed by atoms with Crippen LogP contribution < -0.4 is 5.32 Å². The van der Waals surface area contributed by atoms with Gasteiger partial charge in [-0.3, -0.25) is 4.79 Å². The first kappa shape index (κ1) is 23.6. The Bertz CT molecular complexity index is 1290. The first-order chi connectivity index (χ1) is 14.8. The number of rotatable bonds is 6. The van der Waals surface area contributed by atoms with E-state index >= 15 is 0 Å². The van der Waals surface area contributed by atoms with Gasteiger partial charge in [0.15, 0.2) is 0 Å². The van der Waals surface area contributed by atoms with Crippen LogP contribution in [0.5, 0.6) is 0 Å². The highest BCUT2D eigenvalue weighted by Gasteiger charge is 2.37. The molecule has 0 fully saturated rings. The molecule has 0 aliphatic heterocycles. The zero-order chi connectivity index (χ0) is 23.8. The Kier molecular flexibility index (Phi) is 6.24. The maximum absolute atomic E-state index is 12.9.